The Kier molecular flexibility index (Phi) is 6.41. The molecule has 106 valence electrons. The zero-order valence-electron chi connectivity index (χ0n) is 11.9. The number of hydrogen-bond acceptors (Lipinski definition) is 4. The molecule has 1 N–H and O–H groups in total. The number of nitrogens with zero attached hydrogens (tertiary/aromatic N) is 2. The van der Waals surface area contributed by atoms with Crippen LogP contribution in [-0.4, -0.2) is 75.4 Å². The van der Waals surface area contributed by atoms with Gasteiger partial charge in [-0.3, -0.25) is 4.90 Å². The van der Waals surface area contributed by atoms with Crippen LogP contribution in [0.3, 0.4) is 0 Å². The summed E-state index contributed by atoms with van der Waals surface area (Å²) in [5, 5.41) is 3.51. The van der Waals surface area contributed by atoms with Gasteiger partial charge in [-0.1, -0.05) is 0 Å². The van der Waals surface area contributed by atoms with Crippen molar-refractivity contribution in [3.63, 3.8) is 0 Å². The summed E-state index contributed by atoms with van der Waals surface area (Å²) in [6, 6.07) is 0.754. The quantitative estimate of drug-likeness (QED) is 0.649. The fraction of sp³-hybridized carbons (Fsp3) is 1.00. The molecule has 0 amide bonds. The van der Waals surface area contributed by atoms with Gasteiger partial charge in [-0.15, -0.1) is 0 Å². The van der Waals surface area contributed by atoms with Gasteiger partial charge in [0.05, 0.1) is 6.61 Å². The highest BCUT2D eigenvalue weighted by atomic mass is 16.5. The number of nitrogens with one attached hydrogen (secondary N) is 1. The molecule has 0 saturated carbocycles. The van der Waals surface area contributed by atoms with Crippen molar-refractivity contribution in [2.45, 2.75) is 31.7 Å². The van der Waals surface area contributed by atoms with Crippen LogP contribution in [-0.2, 0) is 4.74 Å². The fourth-order valence-electron chi connectivity index (χ4n) is 3.14. The third kappa shape index (κ3) is 4.50. The van der Waals surface area contributed by atoms with E-state index in [1.54, 1.807) is 7.11 Å². The van der Waals surface area contributed by atoms with Crippen LogP contribution in [0.25, 0.3) is 0 Å². The van der Waals surface area contributed by atoms with E-state index in [0.29, 0.717) is 0 Å². The van der Waals surface area contributed by atoms with Gasteiger partial charge in [0.15, 0.2) is 0 Å². The zero-order chi connectivity index (χ0) is 12.6. The molecule has 4 nitrogen and oxygen atoms in total. The maximum Gasteiger partial charge on any atom is 0.0587 e. The van der Waals surface area contributed by atoms with Crippen LogP contribution >= 0.6 is 0 Å². The Morgan fingerprint density at radius 3 is 2.72 bits per heavy atom. The molecule has 2 heterocycles. The normalized spacial score (nSPS) is 26.2. The third-order valence-corrected chi connectivity index (χ3v) is 4.26. The number of rotatable bonds is 8. The molecule has 4 heteroatoms. The van der Waals surface area contributed by atoms with Crippen LogP contribution in [0.5, 0.6) is 0 Å². The van der Waals surface area contributed by atoms with Crippen LogP contribution < -0.4 is 5.32 Å². The average Bonchev–Trinajstić information content (AvgIpc) is 3.03. The van der Waals surface area contributed by atoms with Crippen molar-refractivity contribution in [1.29, 1.82) is 0 Å². The molecule has 0 aromatic heterocycles. The lowest BCUT2D eigenvalue weighted by Crippen LogP contribution is -2.42. The van der Waals surface area contributed by atoms with Crippen LogP contribution in [0.15, 0.2) is 0 Å². The van der Waals surface area contributed by atoms with Crippen LogP contribution in [0.1, 0.15) is 25.7 Å². The first-order valence-corrected chi connectivity index (χ1v) is 7.56. The van der Waals surface area contributed by atoms with E-state index >= 15 is 0 Å². The SMILES string of the molecule is COCCNCC1CCCN1CCN1CCCC1. The minimum absolute atomic E-state index is 0.754. The first kappa shape index (κ1) is 14.3. The number of methoxy groups -OCH3 is 1. The predicted molar refractivity (Wildman–Crippen MR) is 75.0 cm³/mol. The second-order valence-electron chi connectivity index (χ2n) is 5.58. The highest BCUT2D eigenvalue weighted by Gasteiger charge is 2.24. The Labute approximate surface area is 112 Å². The van der Waals surface area contributed by atoms with Gasteiger partial charge in [-0.2, -0.15) is 0 Å². The number of likely N-dealkylation sites (tertiary alicyclic amines) is 2. The molecule has 0 spiro atoms. The summed E-state index contributed by atoms with van der Waals surface area (Å²) in [7, 11) is 1.76. The molecule has 18 heavy (non-hydrogen) atoms. The monoisotopic (exact) mass is 255 g/mol. The van der Waals surface area contributed by atoms with E-state index in [9.17, 15) is 0 Å². The summed E-state index contributed by atoms with van der Waals surface area (Å²) in [6.45, 7) is 9.40. The maximum absolute atomic E-state index is 5.07. The molecule has 0 radical (unpaired) electrons. The van der Waals surface area contributed by atoms with E-state index in [1.165, 1.54) is 58.4 Å². The second-order valence-corrected chi connectivity index (χ2v) is 5.58. The largest absolute Gasteiger partial charge is 0.383 e. The Hall–Kier alpha value is -0.160. The molecule has 0 aliphatic carbocycles. The van der Waals surface area contributed by atoms with E-state index in [4.69, 9.17) is 4.74 Å². The van der Waals surface area contributed by atoms with E-state index < -0.39 is 0 Å². The Morgan fingerprint density at radius 1 is 1.11 bits per heavy atom. The van der Waals surface area contributed by atoms with Gasteiger partial charge in [0.25, 0.3) is 0 Å². The molecule has 0 bridgehead atoms. The van der Waals surface area contributed by atoms with Crippen molar-refractivity contribution >= 4 is 0 Å². The molecule has 2 aliphatic heterocycles. The number of hydrogen-bond donors (Lipinski definition) is 1. The van der Waals surface area contributed by atoms with Crippen molar-refractivity contribution in [3.05, 3.63) is 0 Å². The van der Waals surface area contributed by atoms with Gasteiger partial charge in [-0.25, -0.2) is 0 Å². The molecular weight excluding hydrogens is 226 g/mol. The predicted octanol–water partition coefficient (Wildman–Crippen LogP) is 0.783. The molecule has 2 aliphatic rings. The molecular formula is C14H29N3O. The molecule has 1 atom stereocenters. The van der Waals surface area contributed by atoms with Crippen molar-refractivity contribution < 1.29 is 4.74 Å². The average molecular weight is 255 g/mol. The lowest BCUT2D eigenvalue weighted by atomic mass is 10.2. The van der Waals surface area contributed by atoms with E-state index in [-0.39, 0.29) is 0 Å². The maximum atomic E-state index is 5.07. The smallest absolute Gasteiger partial charge is 0.0587 e. The lowest BCUT2D eigenvalue weighted by Gasteiger charge is -2.27. The molecule has 2 rings (SSSR count). The fourth-order valence-corrected chi connectivity index (χ4v) is 3.14. The Balaban J connectivity index is 1.60. The second kappa shape index (κ2) is 8.10. The molecule has 1 unspecified atom stereocenters. The van der Waals surface area contributed by atoms with E-state index in [2.05, 4.69) is 15.1 Å². The summed E-state index contributed by atoms with van der Waals surface area (Å²) < 4.78 is 5.07. The summed E-state index contributed by atoms with van der Waals surface area (Å²) in [5.74, 6) is 0. The van der Waals surface area contributed by atoms with E-state index in [0.717, 1.165) is 25.7 Å². The van der Waals surface area contributed by atoms with Crippen LogP contribution in [0, 0.1) is 0 Å². The Morgan fingerprint density at radius 2 is 1.94 bits per heavy atom. The minimum Gasteiger partial charge on any atom is -0.383 e. The van der Waals surface area contributed by atoms with Crippen molar-refractivity contribution in [2.24, 2.45) is 0 Å². The van der Waals surface area contributed by atoms with Gasteiger partial charge in [0, 0.05) is 39.3 Å². The zero-order valence-corrected chi connectivity index (χ0v) is 11.9. The van der Waals surface area contributed by atoms with Gasteiger partial charge in [0.1, 0.15) is 0 Å². The van der Waals surface area contributed by atoms with Gasteiger partial charge in [0.2, 0.25) is 0 Å². The van der Waals surface area contributed by atoms with Crippen LogP contribution in [0.4, 0.5) is 0 Å². The molecule has 0 aromatic carbocycles. The topological polar surface area (TPSA) is 27.7 Å². The number of ether oxygens (including phenoxy) is 1. The summed E-state index contributed by atoms with van der Waals surface area (Å²) in [5.41, 5.74) is 0. The Bertz CT molecular complexity index is 219. The standard InChI is InChI=1S/C14H29N3O/c1-18-12-6-15-13-14-5-4-9-17(14)11-10-16-7-2-3-8-16/h14-15H,2-13H2,1H3. The van der Waals surface area contributed by atoms with Gasteiger partial charge in [-0.05, 0) is 45.3 Å². The van der Waals surface area contributed by atoms with Gasteiger partial charge >= 0.3 is 0 Å². The molecule has 2 saturated heterocycles. The van der Waals surface area contributed by atoms with Crippen molar-refractivity contribution in [1.82, 2.24) is 15.1 Å². The van der Waals surface area contributed by atoms with E-state index in [1.807, 2.05) is 0 Å². The van der Waals surface area contributed by atoms with Crippen molar-refractivity contribution in [2.75, 3.05) is 59.5 Å². The summed E-state index contributed by atoms with van der Waals surface area (Å²) in [6.07, 6.45) is 5.54. The van der Waals surface area contributed by atoms with Crippen LogP contribution in [0.2, 0.25) is 0 Å². The summed E-state index contributed by atoms with van der Waals surface area (Å²) >= 11 is 0. The lowest BCUT2D eigenvalue weighted by molar-refractivity contribution is 0.186. The summed E-state index contributed by atoms with van der Waals surface area (Å²) in [4.78, 5) is 5.30. The molecule has 0 aromatic rings. The first-order valence-electron chi connectivity index (χ1n) is 7.56. The third-order valence-electron chi connectivity index (χ3n) is 4.26. The van der Waals surface area contributed by atoms with Gasteiger partial charge < -0.3 is 15.0 Å². The minimum atomic E-state index is 0.754. The highest BCUT2D eigenvalue weighted by molar-refractivity contribution is 4.82. The first-order chi connectivity index (χ1) is 8.90. The van der Waals surface area contributed by atoms with Crippen molar-refractivity contribution in [3.8, 4) is 0 Å². The molecule has 2 fully saturated rings. The highest BCUT2D eigenvalue weighted by Crippen LogP contribution is 2.16.